The van der Waals surface area contributed by atoms with Gasteiger partial charge in [-0.25, -0.2) is 4.98 Å². The first-order valence-corrected chi connectivity index (χ1v) is 16.6. The Morgan fingerprint density at radius 3 is 2.20 bits per heavy atom. The third kappa shape index (κ3) is 7.46. The topological polar surface area (TPSA) is 162 Å². The number of likely N-dealkylation sites (tertiary alicyclic amines) is 1. The largest absolute Gasteiger partial charge is 0.481 e. The molecule has 0 saturated carbocycles. The number of amides is 2. The van der Waals surface area contributed by atoms with Gasteiger partial charge in [0, 0.05) is 42.9 Å². The van der Waals surface area contributed by atoms with Crippen LogP contribution in [0.3, 0.4) is 0 Å². The van der Waals surface area contributed by atoms with E-state index in [0.29, 0.717) is 49.4 Å². The first-order valence-electron chi connectivity index (χ1n) is 15.9. The molecule has 2 aliphatic heterocycles. The maximum absolute atomic E-state index is 14.5. The Balaban J connectivity index is 1.17. The van der Waals surface area contributed by atoms with E-state index in [0.717, 1.165) is 18.5 Å². The van der Waals surface area contributed by atoms with Gasteiger partial charge in [-0.05, 0) is 50.1 Å². The number of fused-ring (bicyclic) bond motifs is 1. The number of pyridine rings is 1. The molecule has 2 aromatic carbocycles. The smallest absolute Gasteiger partial charge is 0.307 e. The van der Waals surface area contributed by atoms with E-state index in [2.05, 4.69) is 30.9 Å². The average molecular weight is 711 g/mol. The zero-order chi connectivity index (χ0) is 34.7. The molecule has 6 rings (SSSR count). The lowest BCUT2D eigenvalue weighted by Gasteiger charge is -2.31. The maximum Gasteiger partial charge on any atom is 0.307 e. The number of nitrogens with zero attached hydrogens (tertiary/aromatic N) is 4. The van der Waals surface area contributed by atoms with Gasteiger partial charge in [-0.15, -0.1) is 0 Å². The number of carbonyl (C=O) groups excluding carboxylic acids is 2. The van der Waals surface area contributed by atoms with Crippen LogP contribution in [0.1, 0.15) is 57.5 Å². The number of rotatable bonds is 11. The lowest BCUT2D eigenvalue weighted by Crippen LogP contribution is -2.32. The zero-order valence-electron chi connectivity index (χ0n) is 26.3. The van der Waals surface area contributed by atoms with Gasteiger partial charge in [0.05, 0.1) is 45.7 Å². The minimum absolute atomic E-state index is 0.0113. The number of hydrogen-bond acceptors (Lipinski definition) is 8. The lowest BCUT2D eigenvalue weighted by atomic mass is 10.0. The van der Waals surface area contributed by atoms with Crippen LogP contribution in [0.5, 0.6) is 0 Å². The minimum Gasteiger partial charge on any atom is -0.481 e. The summed E-state index contributed by atoms with van der Waals surface area (Å²) in [5, 5.41) is 31.7. The van der Waals surface area contributed by atoms with Gasteiger partial charge in [0.2, 0.25) is 5.95 Å². The Morgan fingerprint density at radius 2 is 1.59 bits per heavy atom. The van der Waals surface area contributed by atoms with Gasteiger partial charge in [0.1, 0.15) is 5.69 Å². The maximum atomic E-state index is 14.5. The molecule has 0 spiro atoms. The fourth-order valence-corrected chi connectivity index (χ4v) is 6.83. The first kappa shape index (κ1) is 34.5. The van der Waals surface area contributed by atoms with E-state index >= 15 is 0 Å². The molecule has 0 bridgehead atoms. The summed E-state index contributed by atoms with van der Waals surface area (Å²) in [7, 11) is 0. The number of anilines is 2. The van der Waals surface area contributed by atoms with Crippen molar-refractivity contribution in [1.82, 2.24) is 25.0 Å². The normalized spacial score (nSPS) is 17.5. The van der Waals surface area contributed by atoms with Gasteiger partial charge in [-0.3, -0.25) is 24.0 Å². The molecular weight excluding hydrogens is 676 g/mol. The van der Waals surface area contributed by atoms with Crippen molar-refractivity contribution in [3.05, 3.63) is 93.2 Å². The summed E-state index contributed by atoms with van der Waals surface area (Å²) in [5.41, 5.74) is 2.76. The minimum atomic E-state index is -0.806. The highest BCUT2D eigenvalue weighted by molar-refractivity contribution is 6.40. The number of benzene rings is 2. The number of halogens is 3. The molecule has 1 unspecified atom stereocenters. The van der Waals surface area contributed by atoms with Crippen molar-refractivity contribution in [3.63, 3.8) is 0 Å². The molecule has 1 saturated heterocycles. The quantitative estimate of drug-likeness (QED) is 0.104. The van der Waals surface area contributed by atoms with Crippen molar-refractivity contribution in [2.75, 3.05) is 36.9 Å². The van der Waals surface area contributed by atoms with E-state index in [1.54, 1.807) is 42.5 Å². The van der Waals surface area contributed by atoms with Crippen LogP contribution in [0.15, 0.2) is 54.6 Å². The number of hydrogen-bond donors (Lipinski definition) is 5. The highest BCUT2D eigenvalue weighted by Gasteiger charge is 2.36. The Kier molecular flexibility index (Phi) is 10.6. The predicted octanol–water partition coefficient (Wildman–Crippen LogP) is 5.22. The summed E-state index contributed by atoms with van der Waals surface area (Å²) >= 11 is 13.6. The molecule has 4 aromatic rings. The molecular formula is C34H34Cl2FN7O5. The molecule has 256 valence electrons. The molecule has 5 N–H and O–H groups in total. The third-order valence-electron chi connectivity index (χ3n) is 8.79. The van der Waals surface area contributed by atoms with Gasteiger partial charge in [0.15, 0.2) is 5.69 Å². The Morgan fingerprint density at radius 1 is 0.918 bits per heavy atom. The van der Waals surface area contributed by atoms with Crippen LogP contribution in [0.25, 0.3) is 11.1 Å². The summed E-state index contributed by atoms with van der Waals surface area (Å²) in [6.07, 6.45) is 2.32. The number of carbonyl (C=O) groups is 3. The molecule has 1 fully saturated rings. The summed E-state index contributed by atoms with van der Waals surface area (Å²) < 4.78 is 16.3. The molecule has 49 heavy (non-hydrogen) atoms. The Bertz CT molecular complexity index is 1900. The van der Waals surface area contributed by atoms with Gasteiger partial charge >= 0.3 is 5.97 Å². The van der Waals surface area contributed by atoms with Crippen LogP contribution in [0, 0.1) is 11.9 Å². The number of aliphatic hydroxyl groups excluding tert-OH is 1. The molecule has 4 heterocycles. The fourth-order valence-electron chi connectivity index (χ4n) is 6.28. The van der Waals surface area contributed by atoms with Crippen molar-refractivity contribution in [1.29, 1.82) is 0 Å². The van der Waals surface area contributed by atoms with E-state index in [1.807, 2.05) is 4.68 Å². The molecule has 2 atom stereocenters. The number of aliphatic carboxylic acids is 1. The number of aryl methyl sites for hydroxylation is 1. The third-order valence-corrected chi connectivity index (χ3v) is 9.60. The van der Waals surface area contributed by atoms with E-state index in [-0.39, 0.29) is 51.9 Å². The monoisotopic (exact) mass is 709 g/mol. The molecule has 2 aliphatic rings. The van der Waals surface area contributed by atoms with Crippen molar-refractivity contribution < 1.29 is 29.0 Å². The standard InChI is InChI=1S/C34H34Cl2FN7O5/c35-29-21(4-1-6-23(29)40-32(46)25-10-9-19(31(37)39-25)17-38-12-15-45)22-5-2-7-24(30(22)36)41-33(47)26-16-28-27(8-3-13-44(28)42-26)43-14-11-20(18-43)34(48)49/h1-2,4-7,9-10,16,20,27,38,45H,3,8,11-15,17-18H2,(H,40,46)(H,41,47)(H,48,49)/t20-,27?/m1/s1. The van der Waals surface area contributed by atoms with Crippen molar-refractivity contribution in [2.24, 2.45) is 5.92 Å². The lowest BCUT2D eigenvalue weighted by molar-refractivity contribution is -0.141. The van der Waals surface area contributed by atoms with Gasteiger partial charge in [-0.2, -0.15) is 9.49 Å². The summed E-state index contributed by atoms with van der Waals surface area (Å²) in [6, 6.07) is 14.7. The molecule has 2 aromatic heterocycles. The Labute approximate surface area is 291 Å². The number of aromatic nitrogens is 3. The predicted molar refractivity (Wildman–Crippen MR) is 182 cm³/mol. The summed E-state index contributed by atoms with van der Waals surface area (Å²) in [6.45, 7) is 2.16. The van der Waals surface area contributed by atoms with Crippen LogP contribution in [0.4, 0.5) is 15.8 Å². The average Bonchev–Trinajstić information content (AvgIpc) is 3.76. The van der Waals surface area contributed by atoms with E-state index in [1.165, 1.54) is 12.1 Å². The number of carboxylic acid groups (broad SMARTS) is 1. The Hall–Kier alpha value is -4.40. The van der Waals surface area contributed by atoms with Crippen LogP contribution in [-0.2, 0) is 17.9 Å². The van der Waals surface area contributed by atoms with E-state index in [9.17, 15) is 23.9 Å². The van der Waals surface area contributed by atoms with Gasteiger partial charge in [0.25, 0.3) is 11.8 Å². The molecule has 0 aliphatic carbocycles. The molecule has 12 nitrogen and oxygen atoms in total. The molecule has 2 amide bonds. The van der Waals surface area contributed by atoms with Crippen LogP contribution >= 0.6 is 23.2 Å². The van der Waals surface area contributed by atoms with Gasteiger partial charge < -0.3 is 26.2 Å². The number of nitrogens with one attached hydrogen (secondary N) is 3. The van der Waals surface area contributed by atoms with E-state index in [4.69, 9.17) is 28.3 Å². The second kappa shape index (κ2) is 15.0. The van der Waals surface area contributed by atoms with Crippen molar-refractivity contribution in [2.45, 2.75) is 38.4 Å². The first-order chi connectivity index (χ1) is 23.6. The highest BCUT2D eigenvalue weighted by Crippen LogP contribution is 2.41. The van der Waals surface area contributed by atoms with Crippen LogP contribution in [0.2, 0.25) is 10.0 Å². The summed E-state index contributed by atoms with van der Waals surface area (Å²) in [5.74, 6) is -3.11. The second-order valence-electron chi connectivity index (χ2n) is 11.9. The van der Waals surface area contributed by atoms with E-state index < -0.39 is 29.6 Å². The van der Waals surface area contributed by atoms with Crippen LogP contribution < -0.4 is 16.0 Å². The van der Waals surface area contributed by atoms with Gasteiger partial charge in [-0.1, -0.05) is 53.5 Å². The highest BCUT2D eigenvalue weighted by atomic mass is 35.5. The second-order valence-corrected chi connectivity index (χ2v) is 12.7. The zero-order valence-corrected chi connectivity index (χ0v) is 27.8. The molecule has 15 heteroatoms. The van der Waals surface area contributed by atoms with Crippen molar-refractivity contribution >= 4 is 52.4 Å². The van der Waals surface area contributed by atoms with Crippen LogP contribution in [-0.4, -0.2) is 73.9 Å². The summed E-state index contributed by atoms with van der Waals surface area (Å²) in [4.78, 5) is 43.9. The number of aliphatic hydroxyl groups is 1. The fraction of sp³-hybridized carbons (Fsp3) is 0.324. The van der Waals surface area contributed by atoms with Crippen molar-refractivity contribution in [3.8, 4) is 11.1 Å². The molecule has 0 radical (unpaired) electrons. The SMILES string of the molecule is O=C(Nc1cccc(-c2cccc(NC(=O)c3cc4n(n3)CCCC4N3CC[C@@H](C(=O)O)C3)c2Cl)c1Cl)c1ccc(CNCCO)c(F)n1. The number of carboxylic acids is 1.